The molecule has 2 aromatic heterocycles. The lowest BCUT2D eigenvalue weighted by atomic mass is 10.0. The summed E-state index contributed by atoms with van der Waals surface area (Å²) in [5.74, 6) is 0.530. The van der Waals surface area contributed by atoms with Crippen molar-refractivity contribution in [3.63, 3.8) is 0 Å². The smallest absolute Gasteiger partial charge is 0.189 e. The van der Waals surface area contributed by atoms with E-state index in [0.717, 1.165) is 43.6 Å². The molecule has 0 atom stereocenters. The number of nitrogens with one attached hydrogen (secondary N) is 1. The van der Waals surface area contributed by atoms with E-state index in [1.165, 1.54) is 5.56 Å². The minimum atomic E-state index is 0.400. The zero-order valence-electron chi connectivity index (χ0n) is 15.5. The molecule has 0 aliphatic carbocycles. The Morgan fingerprint density at radius 1 is 1.11 bits per heavy atom. The molecule has 1 saturated heterocycles. The summed E-state index contributed by atoms with van der Waals surface area (Å²) in [6.45, 7) is 3.75. The van der Waals surface area contributed by atoms with E-state index < -0.39 is 0 Å². The van der Waals surface area contributed by atoms with Crippen LogP contribution in [0.25, 0.3) is 5.52 Å². The van der Waals surface area contributed by atoms with Crippen LogP contribution in [-0.4, -0.2) is 39.4 Å². The third kappa shape index (κ3) is 4.65. The summed E-state index contributed by atoms with van der Waals surface area (Å²) in [6, 6.07) is 15.2. The molecule has 1 aliphatic heterocycles. The molecule has 3 heterocycles. The van der Waals surface area contributed by atoms with E-state index in [1.807, 2.05) is 22.9 Å². The Balaban J connectivity index is 1.25. The van der Waals surface area contributed by atoms with Crippen molar-refractivity contribution >= 4 is 11.5 Å². The van der Waals surface area contributed by atoms with Crippen LogP contribution in [0.4, 0.5) is 0 Å². The van der Waals surface area contributed by atoms with Gasteiger partial charge >= 0.3 is 0 Å². The molecule has 0 saturated carbocycles. The van der Waals surface area contributed by atoms with Crippen LogP contribution < -0.4 is 11.1 Å². The number of hydrogen-bond acceptors (Lipinski definition) is 3. The fraction of sp³-hybridized carbons (Fsp3) is 0.333. The number of nitrogens with zero attached hydrogens (tertiary/aromatic N) is 4. The van der Waals surface area contributed by atoms with Gasteiger partial charge < -0.3 is 15.5 Å². The standard InChI is InChI=1S/C21H26N6/c22-21(24-12-18-6-7-20-13-23-16-27(20)15-18)25-19-8-10-26(11-9-19)14-17-4-2-1-3-5-17/h1-7,13,15-16,19H,8-12,14H2,(H3,22,24,25). The van der Waals surface area contributed by atoms with E-state index in [4.69, 9.17) is 5.73 Å². The largest absolute Gasteiger partial charge is 0.370 e. The lowest BCUT2D eigenvalue weighted by molar-refractivity contribution is 0.199. The molecule has 0 unspecified atom stereocenters. The normalized spacial score (nSPS) is 16.7. The molecular formula is C21H26N6. The molecule has 1 aliphatic rings. The first-order valence-corrected chi connectivity index (χ1v) is 9.49. The number of guanidine groups is 1. The molecule has 0 amide bonds. The molecule has 6 heteroatoms. The Hall–Kier alpha value is -2.86. The van der Waals surface area contributed by atoms with Gasteiger partial charge in [-0.25, -0.2) is 9.98 Å². The van der Waals surface area contributed by atoms with Gasteiger partial charge in [0, 0.05) is 31.9 Å². The third-order valence-corrected chi connectivity index (χ3v) is 5.09. The van der Waals surface area contributed by atoms with Crippen LogP contribution in [0.3, 0.4) is 0 Å². The monoisotopic (exact) mass is 362 g/mol. The van der Waals surface area contributed by atoms with Gasteiger partial charge in [0.05, 0.1) is 24.6 Å². The molecule has 140 valence electrons. The van der Waals surface area contributed by atoms with E-state index in [9.17, 15) is 0 Å². The van der Waals surface area contributed by atoms with Crippen LogP contribution in [0, 0.1) is 0 Å². The second-order valence-electron chi connectivity index (χ2n) is 7.14. The number of aliphatic imine (C=N–C) groups is 1. The third-order valence-electron chi connectivity index (χ3n) is 5.09. The SMILES string of the molecule is NC(=NCc1ccc2cncn2c1)NC1CCN(Cc2ccccc2)CC1. The zero-order valence-corrected chi connectivity index (χ0v) is 15.5. The summed E-state index contributed by atoms with van der Waals surface area (Å²) >= 11 is 0. The summed E-state index contributed by atoms with van der Waals surface area (Å²) in [5, 5.41) is 3.39. The molecule has 0 radical (unpaired) electrons. The maximum Gasteiger partial charge on any atom is 0.189 e. The summed E-state index contributed by atoms with van der Waals surface area (Å²) in [7, 11) is 0. The number of nitrogens with two attached hydrogens (primary N) is 1. The van der Waals surface area contributed by atoms with Crippen LogP contribution in [-0.2, 0) is 13.1 Å². The van der Waals surface area contributed by atoms with Crippen LogP contribution >= 0.6 is 0 Å². The number of imidazole rings is 1. The van der Waals surface area contributed by atoms with E-state index in [2.05, 4.69) is 56.6 Å². The first-order valence-electron chi connectivity index (χ1n) is 9.49. The number of hydrogen-bond donors (Lipinski definition) is 2. The average Bonchev–Trinajstić information content (AvgIpc) is 3.17. The molecule has 6 nitrogen and oxygen atoms in total. The zero-order chi connectivity index (χ0) is 18.5. The van der Waals surface area contributed by atoms with Gasteiger partial charge in [-0.15, -0.1) is 0 Å². The quantitative estimate of drug-likeness (QED) is 0.540. The van der Waals surface area contributed by atoms with Gasteiger partial charge in [-0.1, -0.05) is 36.4 Å². The maximum atomic E-state index is 6.11. The fourth-order valence-electron chi connectivity index (χ4n) is 3.57. The van der Waals surface area contributed by atoms with E-state index in [-0.39, 0.29) is 0 Å². The molecule has 4 rings (SSSR count). The number of fused-ring (bicyclic) bond motifs is 1. The summed E-state index contributed by atoms with van der Waals surface area (Å²) in [6.07, 6.45) is 7.86. The second kappa shape index (κ2) is 8.22. The number of likely N-dealkylation sites (tertiary alicyclic amines) is 1. The Labute approximate surface area is 159 Å². The minimum Gasteiger partial charge on any atom is -0.370 e. The van der Waals surface area contributed by atoms with Crippen LogP contribution in [0.15, 0.2) is 66.2 Å². The van der Waals surface area contributed by atoms with Crippen LogP contribution in [0.2, 0.25) is 0 Å². The highest BCUT2D eigenvalue weighted by Gasteiger charge is 2.19. The van der Waals surface area contributed by atoms with Gasteiger partial charge in [0.1, 0.15) is 0 Å². The first kappa shape index (κ1) is 17.5. The average molecular weight is 362 g/mol. The highest BCUT2D eigenvalue weighted by Crippen LogP contribution is 2.14. The van der Waals surface area contributed by atoms with E-state index in [1.54, 1.807) is 6.33 Å². The topological polar surface area (TPSA) is 70.9 Å². The number of aromatic nitrogens is 2. The van der Waals surface area contributed by atoms with E-state index in [0.29, 0.717) is 18.5 Å². The van der Waals surface area contributed by atoms with Crippen molar-refractivity contribution < 1.29 is 0 Å². The Morgan fingerprint density at radius 3 is 2.74 bits per heavy atom. The Kier molecular flexibility index (Phi) is 5.34. The molecular weight excluding hydrogens is 336 g/mol. The highest BCUT2D eigenvalue weighted by atomic mass is 15.2. The predicted octanol–water partition coefficient (Wildman–Crippen LogP) is 2.40. The molecule has 3 N–H and O–H groups in total. The Morgan fingerprint density at radius 2 is 1.93 bits per heavy atom. The van der Waals surface area contributed by atoms with Crippen LogP contribution in [0.5, 0.6) is 0 Å². The molecule has 0 bridgehead atoms. The lowest BCUT2D eigenvalue weighted by Gasteiger charge is -2.32. The van der Waals surface area contributed by atoms with Gasteiger partial charge in [-0.05, 0) is 30.0 Å². The summed E-state index contributed by atoms with van der Waals surface area (Å²) in [4.78, 5) is 11.1. The summed E-state index contributed by atoms with van der Waals surface area (Å²) < 4.78 is 2.00. The van der Waals surface area contributed by atoms with Gasteiger partial charge in [-0.3, -0.25) is 4.90 Å². The maximum absolute atomic E-state index is 6.11. The van der Waals surface area contributed by atoms with Crippen molar-refractivity contribution in [1.29, 1.82) is 0 Å². The molecule has 0 spiro atoms. The number of rotatable bonds is 5. The number of pyridine rings is 1. The van der Waals surface area contributed by atoms with Gasteiger partial charge in [0.25, 0.3) is 0 Å². The molecule has 3 aromatic rings. The molecule has 27 heavy (non-hydrogen) atoms. The van der Waals surface area contributed by atoms with Crippen molar-refractivity contribution in [2.24, 2.45) is 10.7 Å². The highest BCUT2D eigenvalue weighted by molar-refractivity contribution is 5.78. The predicted molar refractivity (Wildman–Crippen MR) is 108 cm³/mol. The molecule has 1 aromatic carbocycles. The number of benzene rings is 1. The van der Waals surface area contributed by atoms with Crippen molar-refractivity contribution in [2.45, 2.75) is 32.0 Å². The van der Waals surface area contributed by atoms with Gasteiger partial charge in [0.15, 0.2) is 5.96 Å². The number of piperidine rings is 1. The lowest BCUT2D eigenvalue weighted by Crippen LogP contribution is -2.46. The van der Waals surface area contributed by atoms with Crippen molar-refractivity contribution in [3.8, 4) is 0 Å². The van der Waals surface area contributed by atoms with Crippen molar-refractivity contribution in [2.75, 3.05) is 13.1 Å². The first-order chi connectivity index (χ1) is 13.3. The second-order valence-corrected chi connectivity index (χ2v) is 7.14. The van der Waals surface area contributed by atoms with Crippen LogP contribution in [0.1, 0.15) is 24.0 Å². The van der Waals surface area contributed by atoms with Crippen molar-refractivity contribution in [1.82, 2.24) is 19.6 Å². The van der Waals surface area contributed by atoms with Gasteiger partial charge in [-0.2, -0.15) is 0 Å². The minimum absolute atomic E-state index is 0.400. The fourth-order valence-corrected chi connectivity index (χ4v) is 3.57. The van der Waals surface area contributed by atoms with Gasteiger partial charge in [0.2, 0.25) is 0 Å². The summed E-state index contributed by atoms with van der Waals surface area (Å²) in [5.41, 5.74) is 9.68. The Bertz CT molecular complexity index is 893. The van der Waals surface area contributed by atoms with Crippen molar-refractivity contribution in [3.05, 3.63) is 72.3 Å². The van der Waals surface area contributed by atoms with E-state index >= 15 is 0 Å². The molecule has 1 fully saturated rings.